The molecule has 0 aromatic carbocycles. The molecule has 0 aliphatic rings. The van der Waals surface area contributed by atoms with Gasteiger partial charge in [0.1, 0.15) is 15.6 Å². The second kappa shape index (κ2) is 5.81. The van der Waals surface area contributed by atoms with Crippen molar-refractivity contribution in [3.63, 3.8) is 0 Å². The second-order valence-corrected chi connectivity index (χ2v) is 6.67. The number of nitrogens with zero attached hydrogens (tertiary/aromatic N) is 3. The lowest BCUT2D eigenvalue weighted by atomic mass is 10.2. The van der Waals surface area contributed by atoms with Gasteiger partial charge in [0.05, 0.1) is 5.69 Å². The van der Waals surface area contributed by atoms with E-state index >= 15 is 0 Å². The van der Waals surface area contributed by atoms with Crippen LogP contribution in [0.2, 0.25) is 0 Å². The largest absolute Gasteiger partial charge is 0.443 e. The van der Waals surface area contributed by atoms with Crippen molar-refractivity contribution in [1.82, 2.24) is 9.97 Å². The third kappa shape index (κ3) is 3.78. The summed E-state index contributed by atoms with van der Waals surface area (Å²) in [5.41, 5.74) is 1.22. The van der Waals surface area contributed by atoms with Crippen LogP contribution in [0.1, 0.15) is 26.5 Å². The van der Waals surface area contributed by atoms with Gasteiger partial charge in [-0.1, -0.05) is 11.3 Å². The Balaban J connectivity index is 2.25. The average Bonchev–Trinajstić information content (AvgIpc) is 2.79. The molecule has 6 heteroatoms. The number of carbonyl (C=O) groups is 1. The maximum absolute atomic E-state index is 12.1. The standard InChI is InChI=1S/C15H19N3O2S/c1-10-13(18(5)14(19)20-15(2,3)4)21-12(17-10)11-7-6-8-16-9-11/h6-9H,1-5H3. The van der Waals surface area contributed by atoms with Gasteiger partial charge in [0.2, 0.25) is 0 Å². The van der Waals surface area contributed by atoms with E-state index in [1.54, 1.807) is 19.4 Å². The summed E-state index contributed by atoms with van der Waals surface area (Å²) in [5, 5.41) is 1.62. The summed E-state index contributed by atoms with van der Waals surface area (Å²) in [6.07, 6.45) is 3.10. The van der Waals surface area contributed by atoms with Crippen molar-refractivity contribution in [3.05, 3.63) is 30.2 Å². The Morgan fingerprint density at radius 1 is 1.38 bits per heavy atom. The van der Waals surface area contributed by atoms with Crippen molar-refractivity contribution < 1.29 is 9.53 Å². The predicted octanol–water partition coefficient (Wildman–Crippen LogP) is 3.88. The molecular formula is C15H19N3O2S. The van der Waals surface area contributed by atoms with Crippen LogP contribution in [0.3, 0.4) is 0 Å². The van der Waals surface area contributed by atoms with Crippen molar-refractivity contribution in [2.75, 3.05) is 11.9 Å². The quantitative estimate of drug-likeness (QED) is 0.844. The minimum Gasteiger partial charge on any atom is -0.443 e. The van der Waals surface area contributed by atoms with Crippen molar-refractivity contribution in [2.45, 2.75) is 33.3 Å². The van der Waals surface area contributed by atoms with E-state index in [9.17, 15) is 4.79 Å². The molecule has 0 N–H and O–H groups in total. The molecule has 21 heavy (non-hydrogen) atoms. The van der Waals surface area contributed by atoms with Crippen molar-refractivity contribution in [3.8, 4) is 10.6 Å². The Labute approximate surface area is 128 Å². The molecule has 0 fully saturated rings. The highest BCUT2D eigenvalue weighted by Crippen LogP contribution is 2.34. The van der Waals surface area contributed by atoms with Crippen LogP contribution in [-0.4, -0.2) is 28.7 Å². The molecule has 0 unspecified atom stereocenters. The third-order valence-corrected chi connectivity index (χ3v) is 3.94. The zero-order valence-corrected chi connectivity index (χ0v) is 13.7. The summed E-state index contributed by atoms with van der Waals surface area (Å²) in [5.74, 6) is 0. The van der Waals surface area contributed by atoms with Crippen LogP contribution in [0.15, 0.2) is 24.5 Å². The molecule has 0 saturated carbocycles. The van der Waals surface area contributed by atoms with Crippen LogP contribution < -0.4 is 4.90 Å². The van der Waals surface area contributed by atoms with Crippen LogP contribution in [0.5, 0.6) is 0 Å². The van der Waals surface area contributed by atoms with Gasteiger partial charge in [-0.3, -0.25) is 9.88 Å². The average molecular weight is 305 g/mol. The van der Waals surface area contributed by atoms with Gasteiger partial charge in [0.25, 0.3) is 0 Å². The first-order chi connectivity index (χ1) is 9.78. The van der Waals surface area contributed by atoms with Gasteiger partial charge >= 0.3 is 6.09 Å². The number of hydrogen-bond acceptors (Lipinski definition) is 5. The molecule has 0 saturated heterocycles. The molecule has 0 bridgehead atoms. The Morgan fingerprint density at radius 3 is 2.67 bits per heavy atom. The minimum atomic E-state index is -0.518. The molecule has 1 amide bonds. The number of amides is 1. The van der Waals surface area contributed by atoms with Crippen molar-refractivity contribution in [1.29, 1.82) is 0 Å². The number of ether oxygens (including phenoxy) is 1. The molecule has 2 aromatic rings. The third-order valence-electron chi connectivity index (χ3n) is 2.65. The van der Waals surface area contributed by atoms with E-state index in [0.717, 1.165) is 21.3 Å². The number of rotatable bonds is 2. The van der Waals surface area contributed by atoms with E-state index in [2.05, 4.69) is 9.97 Å². The number of thiazole rings is 1. The second-order valence-electron chi connectivity index (χ2n) is 5.69. The van der Waals surface area contributed by atoms with Crippen molar-refractivity contribution >= 4 is 22.4 Å². The first-order valence-corrected chi connectivity index (χ1v) is 7.44. The molecule has 0 spiro atoms. The zero-order chi connectivity index (χ0) is 15.6. The fraction of sp³-hybridized carbons (Fsp3) is 0.400. The molecule has 2 rings (SSSR count). The number of hydrogen-bond donors (Lipinski definition) is 0. The summed E-state index contributed by atoms with van der Waals surface area (Å²) < 4.78 is 5.38. The summed E-state index contributed by atoms with van der Waals surface area (Å²) in [4.78, 5) is 22.2. The number of aromatic nitrogens is 2. The predicted molar refractivity (Wildman–Crippen MR) is 84.7 cm³/mol. The molecule has 5 nitrogen and oxygen atoms in total. The Kier molecular flexibility index (Phi) is 4.27. The van der Waals surface area contributed by atoms with Crippen LogP contribution in [0.25, 0.3) is 10.6 Å². The molecule has 0 atom stereocenters. The van der Waals surface area contributed by atoms with Gasteiger partial charge in [0.15, 0.2) is 0 Å². The van der Waals surface area contributed by atoms with Gasteiger partial charge in [-0.15, -0.1) is 0 Å². The lowest BCUT2D eigenvalue weighted by Crippen LogP contribution is -2.34. The van der Waals surface area contributed by atoms with E-state index in [1.807, 2.05) is 39.8 Å². The smallest absolute Gasteiger partial charge is 0.415 e. The monoisotopic (exact) mass is 305 g/mol. The van der Waals surface area contributed by atoms with Crippen LogP contribution in [0, 0.1) is 6.92 Å². The van der Waals surface area contributed by atoms with Crippen LogP contribution >= 0.6 is 11.3 Å². The molecule has 0 aliphatic carbocycles. The topological polar surface area (TPSA) is 55.3 Å². The SMILES string of the molecule is Cc1nc(-c2cccnc2)sc1N(C)C(=O)OC(C)(C)C. The normalized spacial score (nSPS) is 11.3. The number of pyridine rings is 1. The first-order valence-electron chi connectivity index (χ1n) is 6.62. The minimum absolute atomic E-state index is 0.382. The van der Waals surface area contributed by atoms with E-state index in [4.69, 9.17) is 4.74 Å². The first kappa shape index (κ1) is 15.4. The molecule has 2 heterocycles. The molecule has 0 radical (unpaired) electrons. The van der Waals surface area contributed by atoms with Gasteiger partial charge in [-0.25, -0.2) is 9.78 Å². The van der Waals surface area contributed by atoms with E-state index in [-0.39, 0.29) is 6.09 Å². The highest BCUT2D eigenvalue weighted by molar-refractivity contribution is 7.19. The van der Waals surface area contributed by atoms with Gasteiger partial charge in [0, 0.05) is 25.0 Å². The Hall–Kier alpha value is -1.95. The highest BCUT2D eigenvalue weighted by Gasteiger charge is 2.23. The van der Waals surface area contributed by atoms with Gasteiger partial charge < -0.3 is 4.74 Å². The molecule has 112 valence electrons. The maximum Gasteiger partial charge on any atom is 0.415 e. The lowest BCUT2D eigenvalue weighted by molar-refractivity contribution is 0.0590. The van der Waals surface area contributed by atoms with E-state index in [0.29, 0.717) is 0 Å². The fourth-order valence-electron chi connectivity index (χ4n) is 1.73. The summed E-state index contributed by atoms with van der Waals surface area (Å²) >= 11 is 1.45. The zero-order valence-electron chi connectivity index (χ0n) is 12.9. The maximum atomic E-state index is 12.1. The fourth-order valence-corrected chi connectivity index (χ4v) is 2.73. The summed E-state index contributed by atoms with van der Waals surface area (Å²) in [6, 6.07) is 3.81. The molecular weight excluding hydrogens is 286 g/mol. The van der Waals surface area contributed by atoms with E-state index in [1.165, 1.54) is 16.2 Å². The number of aryl methyl sites for hydroxylation is 1. The summed E-state index contributed by atoms with van der Waals surface area (Å²) in [7, 11) is 1.70. The lowest BCUT2D eigenvalue weighted by Gasteiger charge is -2.23. The molecule has 2 aromatic heterocycles. The van der Waals surface area contributed by atoms with Gasteiger partial charge in [-0.2, -0.15) is 0 Å². The van der Waals surface area contributed by atoms with Crippen molar-refractivity contribution in [2.24, 2.45) is 0 Å². The number of anilines is 1. The summed E-state index contributed by atoms with van der Waals surface area (Å²) in [6.45, 7) is 7.42. The Bertz CT molecular complexity index is 632. The van der Waals surface area contributed by atoms with Crippen LogP contribution in [0.4, 0.5) is 9.80 Å². The molecule has 0 aliphatic heterocycles. The Morgan fingerprint density at radius 2 is 2.10 bits per heavy atom. The van der Waals surface area contributed by atoms with Crippen LogP contribution in [-0.2, 0) is 4.74 Å². The highest BCUT2D eigenvalue weighted by atomic mass is 32.1. The number of carbonyl (C=O) groups excluding carboxylic acids is 1. The van der Waals surface area contributed by atoms with Gasteiger partial charge in [-0.05, 0) is 39.8 Å². The van der Waals surface area contributed by atoms with E-state index < -0.39 is 5.60 Å².